The van der Waals surface area contributed by atoms with Crippen molar-refractivity contribution in [3.8, 4) is 5.75 Å². The molecule has 0 aliphatic heterocycles. The van der Waals surface area contributed by atoms with Crippen LogP contribution >= 0.6 is 0 Å². The zero-order valence-electron chi connectivity index (χ0n) is 10.2. The number of halogens is 1. The molecule has 5 heteroatoms. The summed E-state index contributed by atoms with van der Waals surface area (Å²) in [5.41, 5.74) is 5.69. The number of benzene rings is 1. The molecular weight excluding hydrogens is 223 g/mol. The van der Waals surface area contributed by atoms with Crippen molar-refractivity contribution in [3.63, 3.8) is 0 Å². The van der Waals surface area contributed by atoms with Crippen molar-refractivity contribution in [2.75, 3.05) is 20.7 Å². The standard InChI is InChI=1S/C12H17FN2O2/c1-8(7-14)15(2)12(16)10-6-9(13)4-5-11(10)17-3/h4-6,8H,7,14H2,1-3H3. The van der Waals surface area contributed by atoms with Gasteiger partial charge in [0.2, 0.25) is 0 Å². The van der Waals surface area contributed by atoms with Crippen molar-refractivity contribution < 1.29 is 13.9 Å². The Balaban J connectivity index is 3.06. The molecule has 0 spiro atoms. The molecule has 1 aromatic carbocycles. The highest BCUT2D eigenvalue weighted by atomic mass is 19.1. The summed E-state index contributed by atoms with van der Waals surface area (Å²) in [5, 5.41) is 0. The minimum absolute atomic E-state index is 0.115. The zero-order chi connectivity index (χ0) is 13.0. The Bertz CT molecular complexity index is 409. The van der Waals surface area contributed by atoms with E-state index < -0.39 is 5.82 Å². The summed E-state index contributed by atoms with van der Waals surface area (Å²) >= 11 is 0. The second-order valence-electron chi connectivity index (χ2n) is 3.85. The summed E-state index contributed by atoms with van der Waals surface area (Å²) in [7, 11) is 3.07. The lowest BCUT2D eigenvalue weighted by Crippen LogP contribution is -2.39. The average molecular weight is 240 g/mol. The number of hydrogen-bond donors (Lipinski definition) is 1. The number of nitrogens with zero attached hydrogens (tertiary/aromatic N) is 1. The van der Waals surface area contributed by atoms with E-state index >= 15 is 0 Å². The van der Waals surface area contributed by atoms with Gasteiger partial charge in [-0.1, -0.05) is 0 Å². The molecular formula is C12H17FN2O2. The molecule has 0 aromatic heterocycles. The fourth-order valence-electron chi connectivity index (χ4n) is 1.40. The number of amides is 1. The molecule has 0 radical (unpaired) electrons. The first kappa shape index (κ1) is 13.4. The van der Waals surface area contributed by atoms with E-state index in [9.17, 15) is 9.18 Å². The molecule has 0 heterocycles. The van der Waals surface area contributed by atoms with E-state index in [1.165, 1.54) is 30.2 Å². The minimum Gasteiger partial charge on any atom is -0.496 e. The topological polar surface area (TPSA) is 55.6 Å². The Kier molecular flexibility index (Phi) is 4.45. The number of likely N-dealkylation sites (N-methyl/N-ethyl adjacent to an activating group) is 1. The number of methoxy groups -OCH3 is 1. The first-order valence-electron chi connectivity index (χ1n) is 5.32. The summed E-state index contributed by atoms with van der Waals surface area (Å²) in [6.45, 7) is 2.17. The van der Waals surface area contributed by atoms with Crippen molar-refractivity contribution in [2.45, 2.75) is 13.0 Å². The maximum Gasteiger partial charge on any atom is 0.257 e. The highest BCUT2D eigenvalue weighted by molar-refractivity contribution is 5.97. The van der Waals surface area contributed by atoms with Gasteiger partial charge in [-0.25, -0.2) is 4.39 Å². The molecule has 0 saturated carbocycles. The van der Waals surface area contributed by atoms with Crippen LogP contribution in [0.2, 0.25) is 0 Å². The minimum atomic E-state index is -0.469. The maximum absolute atomic E-state index is 13.1. The number of hydrogen-bond acceptors (Lipinski definition) is 3. The molecule has 1 unspecified atom stereocenters. The molecule has 1 atom stereocenters. The van der Waals surface area contributed by atoms with Crippen LogP contribution in [0.1, 0.15) is 17.3 Å². The fraction of sp³-hybridized carbons (Fsp3) is 0.417. The Morgan fingerprint density at radius 1 is 1.59 bits per heavy atom. The zero-order valence-corrected chi connectivity index (χ0v) is 10.2. The monoisotopic (exact) mass is 240 g/mol. The van der Waals surface area contributed by atoms with E-state index in [0.29, 0.717) is 12.3 Å². The van der Waals surface area contributed by atoms with Gasteiger partial charge in [-0.15, -0.1) is 0 Å². The van der Waals surface area contributed by atoms with Crippen LogP contribution in [0.3, 0.4) is 0 Å². The SMILES string of the molecule is COc1ccc(F)cc1C(=O)N(C)C(C)CN. The van der Waals surface area contributed by atoms with Gasteiger partial charge in [0.1, 0.15) is 11.6 Å². The number of nitrogens with two attached hydrogens (primary N) is 1. The molecule has 2 N–H and O–H groups in total. The Morgan fingerprint density at radius 3 is 2.76 bits per heavy atom. The van der Waals surface area contributed by atoms with Crippen molar-refractivity contribution >= 4 is 5.91 Å². The van der Waals surface area contributed by atoms with Crippen molar-refractivity contribution in [1.82, 2.24) is 4.90 Å². The molecule has 1 rings (SSSR count). The predicted octanol–water partition coefficient (Wildman–Crippen LogP) is 1.25. The summed E-state index contributed by atoms with van der Waals surface area (Å²) in [6.07, 6.45) is 0. The molecule has 0 aliphatic rings. The molecule has 1 aromatic rings. The van der Waals surface area contributed by atoms with Crippen LogP contribution in [0.25, 0.3) is 0 Å². The third-order valence-corrected chi connectivity index (χ3v) is 2.71. The van der Waals surface area contributed by atoms with Crippen LogP contribution in [0.15, 0.2) is 18.2 Å². The molecule has 0 aliphatic carbocycles. The molecule has 17 heavy (non-hydrogen) atoms. The van der Waals surface area contributed by atoms with Crippen LogP contribution in [0.4, 0.5) is 4.39 Å². The van der Waals surface area contributed by atoms with E-state index in [2.05, 4.69) is 0 Å². The van der Waals surface area contributed by atoms with Crippen LogP contribution in [-0.4, -0.2) is 37.6 Å². The highest BCUT2D eigenvalue weighted by Gasteiger charge is 2.20. The smallest absolute Gasteiger partial charge is 0.257 e. The van der Waals surface area contributed by atoms with Gasteiger partial charge < -0.3 is 15.4 Å². The van der Waals surface area contributed by atoms with Gasteiger partial charge >= 0.3 is 0 Å². The third kappa shape index (κ3) is 2.94. The van der Waals surface area contributed by atoms with Crippen LogP contribution < -0.4 is 10.5 Å². The lowest BCUT2D eigenvalue weighted by Gasteiger charge is -2.24. The lowest BCUT2D eigenvalue weighted by atomic mass is 10.1. The number of carbonyl (C=O) groups is 1. The quantitative estimate of drug-likeness (QED) is 0.861. The second kappa shape index (κ2) is 5.63. The van der Waals surface area contributed by atoms with Gasteiger partial charge in [0, 0.05) is 19.6 Å². The fourth-order valence-corrected chi connectivity index (χ4v) is 1.40. The first-order chi connectivity index (χ1) is 8.01. The summed E-state index contributed by atoms with van der Waals surface area (Å²) in [4.78, 5) is 13.6. The lowest BCUT2D eigenvalue weighted by molar-refractivity contribution is 0.0744. The van der Waals surface area contributed by atoms with E-state index in [-0.39, 0.29) is 17.5 Å². The van der Waals surface area contributed by atoms with Gasteiger partial charge in [0.05, 0.1) is 12.7 Å². The van der Waals surface area contributed by atoms with Gasteiger partial charge in [-0.05, 0) is 25.1 Å². The van der Waals surface area contributed by atoms with Crippen LogP contribution in [0, 0.1) is 5.82 Å². The van der Waals surface area contributed by atoms with Gasteiger partial charge in [-0.2, -0.15) is 0 Å². The summed E-state index contributed by atoms with van der Waals surface area (Å²) in [6, 6.07) is 3.74. The highest BCUT2D eigenvalue weighted by Crippen LogP contribution is 2.21. The van der Waals surface area contributed by atoms with Crippen molar-refractivity contribution in [3.05, 3.63) is 29.6 Å². The van der Waals surface area contributed by atoms with Gasteiger partial charge in [0.15, 0.2) is 0 Å². The number of rotatable bonds is 4. The normalized spacial score (nSPS) is 12.1. The van der Waals surface area contributed by atoms with Gasteiger partial charge in [-0.3, -0.25) is 4.79 Å². The number of carbonyl (C=O) groups excluding carboxylic acids is 1. The average Bonchev–Trinajstić information content (AvgIpc) is 2.35. The van der Waals surface area contributed by atoms with E-state index in [1.807, 2.05) is 6.92 Å². The van der Waals surface area contributed by atoms with Crippen LogP contribution in [-0.2, 0) is 0 Å². The van der Waals surface area contributed by atoms with E-state index in [4.69, 9.17) is 10.5 Å². The molecule has 0 saturated heterocycles. The Hall–Kier alpha value is -1.62. The Morgan fingerprint density at radius 2 is 2.24 bits per heavy atom. The third-order valence-electron chi connectivity index (χ3n) is 2.71. The molecule has 0 fully saturated rings. The van der Waals surface area contributed by atoms with Crippen molar-refractivity contribution in [2.24, 2.45) is 5.73 Å². The first-order valence-corrected chi connectivity index (χ1v) is 5.32. The van der Waals surface area contributed by atoms with Crippen molar-refractivity contribution in [1.29, 1.82) is 0 Å². The molecule has 94 valence electrons. The predicted molar refractivity (Wildman–Crippen MR) is 63.6 cm³/mol. The Labute approximate surface area is 100 Å². The van der Waals surface area contributed by atoms with Gasteiger partial charge in [0.25, 0.3) is 5.91 Å². The molecule has 0 bridgehead atoms. The van der Waals surface area contributed by atoms with E-state index in [0.717, 1.165) is 0 Å². The molecule has 1 amide bonds. The second-order valence-corrected chi connectivity index (χ2v) is 3.85. The number of ether oxygens (including phenoxy) is 1. The van der Waals surface area contributed by atoms with E-state index in [1.54, 1.807) is 7.05 Å². The molecule has 4 nitrogen and oxygen atoms in total. The summed E-state index contributed by atoms with van der Waals surface area (Å²) < 4.78 is 18.2. The maximum atomic E-state index is 13.1. The summed E-state index contributed by atoms with van der Waals surface area (Å²) in [5.74, 6) is -0.422. The largest absolute Gasteiger partial charge is 0.496 e. The van der Waals surface area contributed by atoms with Crippen LogP contribution in [0.5, 0.6) is 5.75 Å².